The summed E-state index contributed by atoms with van der Waals surface area (Å²) in [6.45, 7) is 5.33. The molecule has 0 aromatic carbocycles. The molecule has 6 heteroatoms. The van der Waals surface area contributed by atoms with Crippen LogP contribution in [0.2, 0.25) is 0 Å². The Balaban J connectivity index is 2.56. The molecule has 0 bridgehead atoms. The lowest BCUT2D eigenvalue weighted by atomic mass is 10.2. The van der Waals surface area contributed by atoms with E-state index in [1.165, 1.54) is 0 Å². The van der Waals surface area contributed by atoms with Gasteiger partial charge in [0.2, 0.25) is 11.8 Å². The Labute approximate surface area is 95.1 Å². The van der Waals surface area contributed by atoms with E-state index in [0.29, 0.717) is 19.7 Å². The number of nitrogens with one attached hydrogen (secondary N) is 1. The van der Waals surface area contributed by atoms with E-state index in [9.17, 15) is 9.59 Å². The summed E-state index contributed by atoms with van der Waals surface area (Å²) in [5.74, 6) is -0.529. The first-order chi connectivity index (χ1) is 7.58. The Kier molecular flexibility index (Phi) is 4.85. The molecule has 0 radical (unpaired) electrons. The summed E-state index contributed by atoms with van der Waals surface area (Å²) < 4.78 is 5.40. The minimum absolute atomic E-state index is 0.133. The van der Waals surface area contributed by atoms with Crippen LogP contribution in [0, 0.1) is 0 Å². The number of rotatable bonds is 5. The third-order valence-corrected chi connectivity index (χ3v) is 2.64. The van der Waals surface area contributed by atoms with E-state index >= 15 is 0 Å². The lowest BCUT2D eigenvalue weighted by Gasteiger charge is -2.33. The van der Waals surface area contributed by atoms with Gasteiger partial charge in [0.15, 0.2) is 0 Å². The molecule has 0 spiro atoms. The summed E-state index contributed by atoms with van der Waals surface area (Å²) in [5, 5.41) is 2.29. The molecule has 0 saturated carbocycles. The predicted octanol–water partition coefficient (Wildman–Crippen LogP) is -1.30. The molecular formula is C10H19N3O3. The van der Waals surface area contributed by atoms with Crippen molar-refractivity contribution in [2.75, 3.05) is 26.2 Å². The Morgan fingerprint density at radius 2 is 2.31 bits per heavy atom. The summed E-state index contributed by atoms with van der Waals surface area (Å²) in [6, 6.07) is -0.313. The number of amides is 2. The number of ether oxygens (including phenoxy) is 1. The molecule has 0 aromatic heterocycles. The number of imide groups is 1. The number of hydrogen-bond acceptors (Lipinski definition) is 5. The van der Waals surface area contributed by atoms with E-state index in [0.717, 1.165) is 0 Å². The second-order valence-electron chi connectivity index (χ2n) is 3.83. The van der Waals surface area contributed by atoms with Crippen molar-refractivity contribution in [1.82, 2.24) is 10.2 Å². The molecule has 1 aliphatic rings. The first-order valence-electron chi connectivity index (χ1n) is 5.47. The van der Waals surface area contributed by atoms with Crippen molar-refractivity contribution in [3.63, 3.8) is 0 Å². The van der Waals surface area contributed by atoms with Gasteiger partial charge in [-0.3, -0.25) is 19.8 Å². The first-order valence-corrected chi connectivity index (χ1v) is 5.47. The molecule has 1 fully saturated rings. The van der Waals surface area contributed by atoms with E-state index < -0.39 is 0 Å². The predicted molar refractivity (Wildman–Crippen MR) is 58.7 cm³/mol. The van der Waals surface area contributed by atoms with Crippen LogP contribution in [0.3, 0.4) is 0 Å². The fraction of sp³-hybridized carbons (Fsp3) is 0.800. The maximum Gasteiger partial charge on any atom is 0.243 e. The van der Waals surface area contributed by atoms with Crippen molar-refractivity contribution < 1.29 is 14.3 Å². The van der Waals surface area contributed by atoms with Gasteiger partial charge in [-0.2, -0.15) is 0 Å². The van der Waals surface area contributed by atoms with E-state index in [2.05, 4.69) is 5.32 Å². The number of nitrogens with two attached hydrogens (primary N) is 1. The van der Waals surface area contributed by atoms with Gasteiger partial charge < -0.3 is 10.5 Å². The van der Waals surface area contributed by atoms with Crippen LogP contribution in [-0.4, -0.2) is 55.1 Å². The molecule has 0 aromatic rings. The van der Waals surface area contributed by atoms with E-state index in [1.54, 1.807) is 11.8 Å². The Morgan fingerprint density at radius 1 is 1.62 bits per heavy atom. The van der Waals surface area contributed by atoms with Gasteiger partial charge in [-0.15, -0.1) is 0 Å². The zero-order chi connectivity index (χ0) is 12.1. The highest BCUT2D eigenvalue weighted by atomic mass is 16.5. The fourth-order valence-electron chi connectivity index (χ4n) is 1.68. The highest BCUT2D eigenvalue weighted by molar-refractivity contribution is 6.00. The summed E-state index contributed by atoms with van der Waals surface area (Å²) >= 11 is 0. The molecule has 3 N–H and O–H groups in total. The maximum absolute atomic E-state index is 11.4. The van der Waals surface area contributed by atoms with Crippen molar-refractivity contribution >= 4 is 11.8 Å². The lowest BCUT2D eigenvalue weighted by molar-refractivity contribution is -0.140. The first kappa shape index (κ1) is 13.1. The third kappa shape index (κ3) is 3.26. The zero-order valence-electron chi connectivity index (χ0n) is 9.73. The van der Waals surface area contributed by atoms with Crippen LogP contribution in [0.15, 0.2) is 0 Å². The monoisotopic (exact) mass is 229 g/mol. The molecule has 92 valence electrons. The number of carbonyl (C=O) groups is 2. The van der Waals surface area contributed by atoms with Gasteiger partial charge in [0.25, 0.3) is 0 Å². The minimum Gasteiger partial charge on any atom is -0.376 e. The van der Waals surface area contributed by atoms with E-state index in [1.807, 2.05) is 6.92 Å². The van der Waals surface area contributed by atoms with Crippen molar-refractivity contribution in [2.24, 2.45) is 5.73 Å². The molecule has 2 amide bonds. The molecule has 1 saturated heterocycles. The van der Waals surface area contributed by atoms with Gasteiger partial charge in [0, 0.05) is 19.7 Å². The van der Waals surface area contributed by atoms with Gasteiger partial charge in [0.05, 0.1) is 18.7 Å². The third-order valence-electron chi connectivity index (χ3n) is 2.64. The van der Waals surface area contributed by atoms with Crippen molar-refractivity contribution in [1.29, 1.82) is 0 Å². The van der Waals surface area contributed by atoms with Crippen molar-refractivity contribution in [2.45, 2.75) is 26.0 Å². The Hall–Kier alpha value is -0.980. The minimum atomic E-state index is -0.313. The van der Waals surface area contributed by atoms with Gasteiger partial charge >= 0.3 is 0 Å². The molecular weight excluding hydrogens is 210 g/mol. The second-order valence-corrected chi connectivity index (χ2v) is 3.83. The summed E-state index contributed by atoms with van der Waals surface area (Å²) in [5.41, 5.74) is 5.55. The van der Waals surface area contributed by atoms with Crippen LogP contribution >= 0.6 is 0 Å². The quantitative estimate of drug-likeness (QED) is 0.572. The fourth-order valence-corrected chi connectivity index (χ4v) is 1.68. The molecule has 1 rings (SSSR count). The molecule has 6 nitrogen and oxygen atoms in total. The van der Waals surface area contributed by atoms with Crippen LogP contribution < -0.4 is 11.1 Å². The molecule has 16 heavy (non-hydrogen) atoms. The van der Waals surface area contributed by atoms with Crippen molar-refractivity contribution in [3.05, 3.63) is 0 Å². The zero-order valence-corrected chi connectivity index (χ0v) is 9.73. The van der Waals surface area contributed by atoms with Crippen molar-refractivity contribution in [3.8, 4) is 0 Å². The van der Waals surface area contributed by atoms with E-state index in [-0.39, 0.29) is 30.5 Å². The lowest BCUT2D eigenvalue weighted by Crippen LogP contribution is -2.58. The molecule has 2 unspecified atom stereocenters. The van der Waals surface area contributed by atoms with Gasteiger partial charge in [0.1, 0.15) is 0 Å². The maximum atomic E-state index is 11.4. The highest BCUT2D eigenvalue weighted by Gasteiger charge is 2.31. The standard InChI is InChI=1S/C10H19N3O3/c1-3-16-8(4-11)5-13-6-9(14)12-10(15)7(13)2/h7-8H,3-6,11H2,1-2H3,(H,12,14,15). The topological polar surface area (TPSA) is 84.7 Å². The summed E-state index contributed by atoms with van der Waals surface area (Å²) in [7, 11) is 0. The number of nitrogens with zero attached hydrogens (tertiary/aromatic N) is 1. The average molecular weight is 229 g/mol. The van der Waals surface area contributed by atoms with Crippen LogP contribution in [0.1, 0.15) is 13.8 Å². The normalized spacial score (nSPS) is 24.3. The van der Waals surface area contributed by atoms with Gasteiger partial charge in [-0.25, -0.2) is 0 Å². The van der Waals surface area contributed by atoms with Crippen LogP contribution in [0.5, 0.6) is 0 Å². The van der Waals surface area contributed by atoms with Crippen LogP contribution in [0.25, 0.3) is 0 Å². The largest absolute Gasteiger partial charge is 0.376 e. The Bertz CT molecular complexity index is 270. The van der Waals surface area contributed by atoms with Crippen LogP contribution in [-0.2, 0) is 14.3 Å². The summed E-state index contributed by atoms with van der Waals surface area (Å²) in [6.07, 6.45) is -0.133. The number of piperazine rings is 1. The van der Waals surface area contributed by atoms with E-state index in [4.69, 9.17) is 10.5 Å². The molecule has 0 aliphatic carbocycles. The number of hydrogen-bond donors (Lipinski definition) is 2. The van der Waals surface area contributed by atoms with Gasteiger partial charge in [-0.1, -0.05) is 0 Å². The average Bonchev–Trinajstić information content (AvgIpc) is 2.24. The molecule has 1 heterocycles. The van der Waals surface area contributed by atoms with Gasteiger partial charge in [-0.05, 0) is 13.8 Å². The summed E-state index contributed by atoms with van der Waals surface area (Å²) in [4.78, 5) is 24.4. The SMILES string of the molecule is CCOC(CN)CN1CC(=O)NC(=O)C1C. The molecule has 2 atom stereocenters. The highest BCUT2D eigenvalue weighted by Crippen LogP contribution is 2.06. The van der Waals surface area contributed by atoms with Crippen LogP contribution in [0.4, 0.5) is 0 Å². The smallest absolute Gasteiger partial charge is 0.243 e. The molecule has 1 aliphatic heterocycles. The Morgan fingerprint density at radius 3 is 2.88 bits per heavy atom. The second kappa shape index (κ2) is 5.93. The number of carbonyl (C=O) groups excluding carboxylic acids is 2.